The summed E-state index contributed by atoms with van der Waals surface area (Å²) in [6.45, 7) is 6.09. The highest BCUT2D eigenvalue weighted by Crippen LogP contribution is 2.34. The molecule has 0 N–H and O–H groups in total. The first-order chi connectivity index (χ1) is 14.9. The number of hydrogen-bond acceptors (Lipinski definition) is 5. The number of benzene rings is 1. The van der Waals surface area contributed by atoms with Gasteiger partial charge in [-0.15, -0.1) is 0 Å². The number of hydrogen-bond donors (Lipinski definition) is 0. The monoisotopic (exact) mass is 419 g/mol. The maximum Gasteiger partial charge on any atom is 0.268 e. The van der Waals surface area contributed by atoms with Crippen LogP contribution in [-0.2, 0) is 22.7 Å². The molecule has 31 heavy (non-hydrogen) atoms. The van der Waals surface area contributed by atoms with Crippen LogP contribution in [-0.4, -0.2) is 34.3 Å². The Kier molecular flexibility index (Phi) is 5.75. The lowest BCUT2D eigenvalue weighted by Gasteiger charge is -2.34. The minimum absolute atomic E-state index is 0.0804. The fourth-order valence-corrected chi connectivity index (χ4v) is 3.62. The van der Waals surface area contributed by atoms with Gasteiger partial charge in [0.2, 0.25) is 5.91 Å². The van der Waals surface area contributed by atoms with E-state index >= 15 is 0 Å². The summed E-state index contributed by atoms with van der Waals surface area (Å²) in [4.78, 5) is 33.6. The van der Waals surface area contributed by atoms with E-state index in [-0.39, 0.29) is 18.4 Å². The van der Waals surface area contributed by atoms with E-state index in [0.717, 1.165) is 16.9 Å². The molecule has 0 spiro atoms. The number of nitrogens with zero attached hydrogens (tertiary/aromatic N) is 3. The number of carbonyl (C=O) groups is 2. The van der Waals surface area contributed by atoms with Crippen LogP contribution in [0.2, 0.25) is 0 Å². The molecule has 160 valence electrons. The predicted octanol–water partition coefficient (Wildman–Crippen LogP) is 3.63. The van der Waals surface area contributed by atoms with Gasteiger partial charge in [-0.2, -0.15) is 0 Å². The van der Waals surface area contributed by atoms with Crippen molar-refractivity contribution in [2.45, 2.75) is 40.0 Å². The Morgan fingerprint density at radius 1 is 1.16 bits per heavy atom. The molecular weight excluding hydrogens is 394 g/mol. The highest BCUT2D eigenvalue weighted by molar-refractivity contribution is 6.03. The van der Waals surface area contributed by atoms with E-state index in [2.05, 4.69) is 4.98 Å². The zero-order valence-corrected chi connectivity index (χ0v) is 17.9. The molecule has 1 aromatic carbocycles. The van der Waals surface area contributed by atoms with E-state index in [0.29, 0.717) is 30.3 Å². The number of anilines is 1. The molecule has 4 rings (SSSR count). The van der Waals surface area contributed by atoms with Gasteiger partial charge in [0.1, 0.15) is 23.8 Å². The molecule has 0 fully saturated rings. The smallest absolute Gasteiger partial charge is 0.268 e. The lowest BCUT2D eigenvalue weighted by molar-refractivity contribution is -0.134. The number of amides is 2. The van der Waals surface area contributed by atoms with Crippen molar-refractivity contribution in [1.29, 1.82) is 0 Å². The third kappa shape index (κ3) is 4.60. The third-order valence-electron chi connectivity index (χ3n) is 5.21. The standard InChI is InChI=1S/C24H25N3O4/c1-16-6-9-22-21(11-16)27(24(29)18(3)31-22)15-23(28)26(13-19-5-4-10-25-12-19)14-20-8-7-17(2)30-20/h4-12,18H,13-15H2,1-3H3. The van der Waals surface area contributed by atoms with Gasteiger partial charge < -0.3 is 14.1 Å². The molecule has 3 aromatic rings. The van der Waals surface area contributed by atoms with Gasteiger partial charge in [-0.05, 0) is 62.2 Å². The molecule has 0 radical (unpaired) electrons. The SMILES string of the molecule is Cc1ccc2c(c1)N(CC(=O)N(Cc1cccnc1)Cc1ccc(C)o1)C(=O)C(C)O2. The van der Waals surface area contributed by atoms with Gasteiger partial charge in [-0.25, -0.2) is 0 Å². The van der Waals surface area contributed by atoms with Crippen LogP contribution < -0.4 is 9.64 Å². The minimum Gasteiger partial charge on any atom is -0.479 e. The fraction of sp³-hybridized carbons (Fsp3) is 0.292. The molecule has 0 saturated carbocycles. The van der Waals surface area contributed by atoms with Crippen molar-refractivity contribution in [2.24, 2.45) is 0 Å². The summed E-state index contributed by atoms with van der Waals surface area (Å²) in [6, 6.07) is 13.1. The van der Waals surface area contributed by atoms with E-state index in [1.165, 1.54) is 4.90 Å². The first kappa shape index (κ1) is 20.7. The Morgan fingerprint density at radius 2 is 2.00 bits per heavy atom. The fourth-order valence-electron chi connectivity index (χ4n) is 3.62. The Labute approximate surface area is 181 Å². The Hall–Kier alpha value is -3.61. The lowest BCUT2D eigenvalue weighted by Crippen LogP contribution is -2.49. The minimum atomic E-state index is -0.650. The van der Waals surface area contributed by atoms with Crippen LogP contribution in [0.15, 0.2) is 59.3 Å². The summed E-state index contributed by atoms with van der Waals surface area (Å²) in [5, 5.41) is 0. The second-order valence-corrected chi connectivity index (χ2v) is 7.78. The van der Waals surface area contributed by atoms with Crippen molar-refractivity contribution < 1.29 is 18.7 Å². The van der Waals surface area contributed by atoms with Gasteiger partial charge in [0, 0.05) is 18.9 Å². The number of aryl methyl sites for hydroxylation is 2. The number of aromatic nitrogens is 1. The Bertz CT molecular complexity index is 1090. The molecule has 1 atom stereocenters. The number of carbonyl (C=O) groups excluding carboxylic acids is 2. The molecular formula is C24H25N3O4. The summed E-state index contributed by atoms with van der Waals surface area (Å²) in [7, 11) is 0. The van der Waals surface area contributed by atoms with Crippen molar-refractivity contribution in [2.75, 3.05) is 11.4 Å². The van der Waals surface area contributed by atoms with Crippen molar-refractivity contribution in [3.05, 3.63) is 77.5 Å². The first-order valence-electron chi connectivity index (χ1n) is 10.2. The second-order valence-electron chi connectivity index (χ2n) is 7.78. The largest absolute Gasteiger partial charge is 0.479 e. The average Bonchev–Trinajstić information content (AvgIpc) is 3.16. The molecule has 0 aliphatic carbocycles. The average molecular weight is 419 g/mol. The molecule has 0 bridgehead atoms. The van der Waals surface area contributed by atoms with Gasteiger partial charge in [0.05, 0.1) is 12.2 Å². The van der Waals surface area contributed by atoms with Gasteiger partial charge in [-0.3, -0.25) is 19.5 Å². The normalized spacial score (nSPS) is 15.4. The summed E-state index contributed by atoms with van der Waals surface area (Å²) < 4.78 is 11.4. The molecule has 1 aliphatic rings. The highest BCUT2D eigenvalue weighted by atomic mass is 16.5. The van der Waals surface area contributed by atoms with Gasteiger partial charge >= 0.3 is 0 Å². The van der Waals surface area contributed by atoms with Crippen molar-refractivity contribution in [1.82, 2.24) is 9.88 Å². The van der Waals surface area contributed by atoms with Gasteiger partial charge in [-0.1, -0.05) is 12.1 Å². The van der Waals surface area contributed by atoms with E-state index in [9.17, 15) is 9.59 Å². The Morgan fingerprint density at radius 3 is 2.71 bits per heavy atom. The number of rotatable bonds is 6. The molecule has 1 aliphatic heterocycles. The van der Waals surface area contributed by atoms with Crippen LogP contribution in [0.4, 0.5) is 5.69 Å². The highest BCUT2D eigenvalue weighted by Gasteiger charge is 2.34. The number of fused-ring (bicyclic) bond motifs is 1. The number of furan rings is 1. The second kappa shape index (κ2) is 8.63. The molecule has 2 aromatic heterocycles. The van der Waals surface area contributed by atoms with Crippen LogP contribution in [0.25, 0.3) is 0 Å². The van der Waals surface area contributed by atoms with E-state index in [1.54, 1.807) is 24.2 Å². The topological polar surface area (TPSA) is 75.9 Å². The van der Waals surface area contributed by atoms with Gasteiger partial charge in [0.25, 0.3) is 5.91 Å². The quantitative estimate of drug-likeness (QED) is 0.610. The van der Waals surface area contributed by atoms with Crippen LogP contribution in [0, 0.1) is 13.8 Å². The lowest BCUT2D eigenvalue weighted by atomic mass is 10.1. The maximum absolute atomic E-state index is 13.4. The van der Waals surface area contributed by atoms with Crippen molar-refractivity contribution in [3.63, 3.8) is 0 Å². The molecule has 7 nitrogen and oxygen atoms in total. The van der Waals surface area contributed by atoms with Gasteiger partial charge in [0.15, 0.2) is 6.10 Å². The van der Waals surface area contributed by atoms with Crippen LogP contribution in [0.3, 0.4) is 0 Å². The zero-order valence-electron chi connectivity index (χ0n) is 17.9. The third-order valence-corrected chi connectivity index (χ3v) is 5.21. The number of ether oxygens (including phenoxy) is 1. The van der Waals surface area contributed by atoms with Crippen LogP contribution in [0.1, 0.15) is 29.6 Å². The van der Waals surface area contributed by atoms with Crippen LogP contribution >= 0.6 is 0 Å². The van der Waals surface area contributed by atoms with E-state index in [4.69, 9.17) is 9.15 Å². The van der Waals surface area contributed by atoms with Crippen molar-refractivity contribution in [3.8, 4) is 5.75 Å². The van der Waals surface area contributed by atoms with Crippen molar-refractivity contribution >= 4 is 17.5 Å². The molecule has 3 heterocycles. The molecule has 1 unspecified atom stereocenters. The molecule has 2 amide bonds. The summed E-state index contributed by atoms with van der Waals surface area (Å²) in [5.41, 5.74) is 2.50. The summed E-state index contributed by atoms with van der Waals surface area (Å²) >= 11 is 0. The zero-order chi connectivity index (χ0) is 22.0. The molecule has 7 heteroatoms. The summed E-state index contributed by atoms with van der Waals surface area (Å²) in [5.74, 6) is 1.65. The Balaban J connectivity index is 1.60. The number of pyridine rings is 1. The van der Waals surface area contributed by atoms with Crippen LogP contribution in [0.5, 0.6) is 5.75 Å². The van der Waals surface area contributed by atoms with E-state index in [1.807, 2.05) is 56.3 Å². The molecule has 0 saturated heterocycles. The van der Waals surface area contributed by atoms with E-state index < -0.39 is 6.10 Å². The first-order valence-corrected chi connectivity index (χ1v) is 10.2. The maximum atomic E-state index is 13.4. The summed E-state index contributed by atoms with van der Waals surface area (Å²) in [6.07, 6.45) is 2.77. The predicted molar refractivity (Wildman–Crippen MR) is 116 cm³/mol.